The van der Waals surface area contributed by atoms with Crippen LogP contribution in [-0.2, 0) is 4.79 Å². The topological polar surface area (TPSA) is 131 Å². The second-order valence-corrected chi connectivity index (χ2v) is 9.01. The van der Waals surface area contributed by atoms with E-state index >= 15 is 0 Å². The van der Waals surface area contributed by atoms with Crippen LogP contribution in [-0.4, -0.2) is 28.1 Å². The molecule has 2 aromatic carbocycles. The molecule has 3 aromatic rings. The van der Waals surface area contributed by atoms with Crippen molar-refractivity contribution in [2.45, 2.75) is 37.8 Å². The molecule has 8 nitrogen and oxygen atoms in total. The van der Waals surface area contributed by atoms with Crippen LogP contribution in [0.15, 0.2) is 48.5 Å². The van der Waals surface area contributed by atoms with Gasteiger partial charge in [-0.1, -0.05) is 31.0 Å². The molecule has 4 rings (SSSR count). The minimum absolute atomic E-state index is 0.0688. The van der Waals surface area contributed by atoms with E-state index in [1.807, 2.05) is 0 Å². The van der Waals surface area contributed by atoms with Gasteiger partial charge in [0.1, 0.15) is 22.6 Å². The first kappa shape index (κ1) is 24.3. The van der Waals surface area contributed by atoms with Crippen molar-refractivity contribution in [3.63, 3.8) is 0 Å². The number of carbonyl (C=O) groups excluding carboxylic acids is 3. The van der Waals surface area contributed by atoms with Crippen LogP contribution in [0.3, 0.4) is 0 Å². The first-order chi connectivity index (χ1) is 16.8. The second kappa shape index (κ2) is 10.2. The maximum atomic E-state index is 14.2. The van der Waals surface area contributed by atoms with Crippen LogP contribution in [0.25, 0.3) is 0 Å². The number of primary amides is 1. The van der Waals surface area contributed by atoms with Crippen molar-refractivity contribution in [1.82, 2.24) is 9.69 Å². The molecule has 1 fully saturated rings. The molecule has 11 heteroatoms. The zero-order chi connectivity index (χ0) is 25.1. The predicted octanol–water partition coefficient (Wildman–Crippen LogP) is 3.55. The van der Waals surface area contributed by atoms with Gasteiger partial charge in [-0.2, -0.15) is 4.37 Å². The van der Waals surface area contributed by atoms with E-state index in [2.05, 4.69) is 9.69 Å². The van der Waals surface area contributed by atoms with E-state index in [9.17, 15) is 23.2 Å². The van der Waals surface area contributed by atoms with Gasteiger partial charge in [0.2, 0.25) is 5.91 Å². The van der Waals surface area contributed by atoms with Crippen molar-refractivity contribution >= 4 is 40.6 Å². The van der Waals surface area contributed by atoms with Crippen molar-refractivity contribution in [2.24, 2.45) is 5.73 Å². The number of nitrogens with two attached hydrogens (primary N) is 2. The molecule has 3 amide bonds. The number of halogens is 2. The van der Waals surface area contributed by atoms with Crippen LogP contribution in [0, 0.1) is 11.6 Å². The van der Waals surface area contributed by atoms with E-state index in [-0.39, 0.29) is 28.0 Å². The summed E-state index contributed by atoms with van der Waals surface area (Å²) in [5.41, 5.74) is 11.2. The Morgan fingerprint density at radius 1 is 1.06 bits per heavy atom. The largest absolute Gasteiger partial charge is 0.395 e. The summed E-state index contributed by atoms with van der Waals surface area (Å²) in [6, 6.07) is 8.91. The van der Waals surface area contributed by atoms with Gasteiger partial charge in [-0.3, -0.25) is 19.3 Å². The van der Waals surface area contributed by atoms with Crippen LogP contribution in [0.2, 0.25) is 0 Å². The van der Waals surface area contributed by atoms with Crippen LogP contribution in [0.1, 0.15) is 57.4 Å². The van der Waals surface area contributed by atoms with E-state index in [1.165, 1.54) is 42.5 Å². The molecule has 0 aliphatic heterocycles. The van der Waals surface area contributed by atoms with Gasteiger partial charge in [-0.25, -0.2) is 8.78 Å². The smallest absolute Gasteiger partial charge is 0.273 e. The molecule has 1 aliphatic rings. The normalized spacial score (nSPS) is 14.5. The van der Waals surface area contributed by atoms with Crippen LogP contribution >= 0.6 is 11.5 Å². The molecule has 0 bridgehead atoms. The van der Waals surface area contributed by atoms with Crippen LogP contribution < -0.4 is 21.7 Å². The highest BCUT2D eigenvalue weighted by atomic mass is 32.1. The number of benzene rings is 2. The molecular weight excluding hydrogens is 476 g/mol. The summed E-state index contributed by atoms with van der Waals surface area (Å²) in [5.74, 6) is -3.37. The third kappa shape index (κ3) is 5.14. The van der Waals surface area contributed by atoms with Gasteiger partial charge < -0.3 is 16.8 Å². The number of amides is 3. The van der Waals surface area contributed by atoms with Gasteiger partial charge in [0.25, 0.3) is 11.8 Å². The summed E-state index contributed by atoms with van der Waals surface area (Å²) in [5, 5.41) is 2.96. The highest BCUT2D eigenvalue weighted by molar-refractivity contribution is 7.09. The van der Waals surface area contributed by atoms with Crippen molar-refractivity contribution in [1.29, 1.82) is 0 Å². The Balaban J connectivity index is 1.85. The number of carbonyl (C=O) groups is 3. The summed E-state index contributed by atoms with van der Waals surface area (Å²) in [7, 11) is 0. The lowest BCUT2D eigenvalue weighted by atomic mass is 10.0. The third-order valence-electron chi connectivity index (χ3n) is 5.85. The van der Waals surface area contributed by atoms with E-state index in [1.54, 1.807) is 0 Å². The maximum absolute atomic E-state index is 14.2. The van der Waals surface area contributed by atoms with Crippen LogP contribution in [0.4, 0.5) is 20.2 Å². The molecule has 0 saturated heterocycles. The van der Waals surface area contributed by atoms with Crippen molar-refractivity contribution < 1.29 is 23.2 Å². The average Bonchev–Trinajstić information content (AvgIpc) is 3.47. The molecule has 1 aromatic heterocycles. The number of nitrogens with zero attached hydrogens (tertiary/aromatic N) is 2. The number of nitrogens with one attached hydrogen (secondary N) is 1. The number of hydrogen-bond acceptors (Lipinski definition) is 6. The van der Waals surface area contributed by atoms with Gasteiger partial charge in [-0.05, 0) is 60.3 Å². The molecule has 0 radical (unpaired) electrons. The SMILES string of the molecule is NC(=O)c1nsc(C(=O)N(c2cccc(F)c2)[C@@H](C(=O)NC2CCCC2)c2ccc(F)cc2)c1N. The van der Waals surface area contributed by atoms with Gasteiger partial charge in [0.15, 0.2) is 5.69 Å². The maximum Gasteiger partial charge on any atom is 0.273 e. The summed E-state index contributed by atoms with van der Waals surface area (Å²) in [6.45, 7) is 0. The minimum Gasteiger partial charge on any atom is -0.395 e. The summed E-state index contributed by atoms with van der Waals surface area (Å²) >= 11 is 0.647. The monoisotopic (exact) mass is 499 g/mol. The summed E-state index contributed by atoms with van der Waals surface area (Å²) in [4.78, 5) is 40.0. The Morgan fingerprint density at radius 2 is 1.74 bits per heavy atom. The molecule has 35 heavy (non-hydrogen) atoms. The van der Waals surface area contributed by atoms with Crippen molar-refractivity contribution in [3.05, 3.63) is 76.3 Å². The standard InChI is InChI=1S/C24H23F2N5O3S/c25-14-10-8-13(9-11-14)20(23(33)29-16-5-1-2-6-16)31(17-7-3-4-15(26)12-17)24(34)21-18(27)19(22(28)32)30-35-21/h3-4,7-12,16,20H,1-2,5-6,27H2,(H2,28,32)(H,29,33)/t20-/m1/s1. The Bertz CT molecular complexity index is 1260. The fraction of sp³-hybridized carbons (Fsp3) is 0.250. The van der Waals surface area contributed by atoms with Gasteiger partial charge in [0.05, 0.1) is 5.69 Å². The first-order valence-corrected chi connectivity index (χ1v) is 11.7. The zero-order valence-electron chi connectivity index (χ0n) is 18.5. The lowest BCUT2D eigenvalue weighted by Gasteiger charge is -2.32. The Kier molecular flexibility index (Phi) is 7.06. The highest BCUT2D eigenvalue weighted by Crippen LogP contribution is 2.34. The third-order valence-corrected chi connectivity index (χ3v) is 6.71. The zero-order valence-corrected chi connectivity index (χ0v) is 19.4. The number of nitrogen functional groups attached to an aromatic ring is 1. The molecule has 1 atom stereocenters. The second-order valence-electron chi connectivity index (χ2n) is 8.24. The lowest BCUT2D eigenvalue weighted by Crippen LogP contribution is -2.46. The fourth-order valence-corrected chi connectivity index (χ4v) is 4.90. The summed E-state index contributed by atoms with van der Waals surface area (Å²) < 4.78 is 31.8. The van der Waals surface area contributed by atoms with Gasteiger partial charge in [-0.15, -0.1) is 0 Å². The van der Waals surface area contributed by atoms with Gasteiger partial charge in [0, 0.05) is 11.7 Å². The van der Waals surface area contributed by atoms with Crippen LogP contribution in [0.5, 0.6) is 0 Å². The quantitative estimate of drug-likeness (QED) is 0.458. The minimum atomic E-state index is -1.29. The Labute approximate surface area is 204 Å². The predicted molar refractivity (Wildman–Crippen MR) is 128 cm³/mol. The Morgan fingerprint density at radius 3 is 2.34 bits per heavy atom. The number of hydrogen-bond donors (Lipinski definition) is 3. The highest BCUT2D eigenvalue weighted by Gasteiger charge is 2.37. The first-order valence-electron chi connectivity index (χ1n) is 11.0. The number of anilines is 2. The molecule has 1 aliphatic carbocycles. The van der Waals surface area contributed by atoms with E-state index in [0.717, 1.165) is 36.6 Å². The molecule has 182 valence electrons. The lowest BCUT2D eigenvalue weighted by molar-refractivity contribution is -0.123. The molecule has 0 unspecified atom stereocenters. The van der Waals surface area contributed by atoms with E-state index in [0.29, 0.717) is 17.1 Å². The average molecular weight is 500 g/mol. The van der Waals surface area contributed by atoms with Crippen molar-refractivity contribution in [3.8, 4) is 0 Å². The van der Waals surface area contributed by atoms with E-state index < -0.39 is 35.4 Å². The number of aromatic nitrogens is 1. The molecule has 1 heterocycles. The molecular formula is C24H23F2N5O3S. The fourth-order valence-electron chi connectivity index (χ4n) is 4.16. The molecule has 0 spiro atoms. The van der Waals surface area contributed by atoms with Gasteiger partial charge >= 0.3 is 0 Å². The van der Waals surface area contributed by atoms with E-state index in [4.69, 9.17) is 11.5 Å². The summed E-state index contributed by atoms with van der Waals surface area (Å²) in [6.07, 6.45) is 3.51. The Hall–Kier alpha value is -3.86. The molecule has 1 saturated carbocycles. The molecule has 5 N–H and O–H groups in total. The number of rotatable bonds is 7. The van der Waals surface area contributed by atoms with Crippen molar-refractivity contribution in [2.75, 3.05) is 10.6 Å².